The second-order valence-electron chi connectivity index (χ2n) is 4.58. The van der Waals surface area contributed by atoms with E-state index < -0.39 is 0 Å². The average molecular weight is 272 g/mol. The van der Waals surface area contributed by atoms with Crippen molar-refractivity contribution < 1.29 is 13.9 Å². The van der Waals surface area contributed by atoms with E-state index in [2.05, 4.69) is 0 Å². The molecule has 2 aromatic carbocycles. The highest BCUT2D eigenvalue weighted by atomic mass is 19.1. The number of nitrogens with two attached hydrogens (primary N) is 1. The Labute approximate surface area is 115 Å². The van der Waals surface area contributed by atoms with Gasteiger partial charge in [0.2, 0.25) is 0 Å². The Balaban J connectivity index is 1.97. The van der Waals surface area contributed by atoms with Crippen LogP contribution in [0.5, 0.6) is 5.75 Å². The number of halogens is 1. The maximum absolute atomic E-state index is 13.3. The number of benzene rings is 2. The van der Waals surface area contributed by atoms with Crippen LogP contribution in [0.3, 0.4) is 0 Å². The van der Waals surface area contributed by atoms with Gasteiger partial charge < -0.3 is 15.4 Å². The van der Waals surface area contributed by atoms with E-state index in [9.17, 15) is 9.18 Å². The van der Waals surface area contributed by atoms with Crippen molar-refractivity contribution in [3.05, 3.63) is 53.8 Å². The quantitative estimate of drug-likeness (QED) is 0.854. The number of ether oxygens (including phenoxy) is 1. The van der Waals surface area contributed by atoms with Crippen molar-refractivity contribution >= 4 is 17.3 Å². The number of fused-ring (bicyclic) bond motifs is 1. The minimum absolute atomic E-state index is 0.0216. The molecule has 0 radical (unpaired) electrons. The number of para-hydroxylation sites is 2. The minimum atomic E-state index is -0.372. The number of anilines is 2. The van der Waals surface area contributed by atoms with Crippen LogP contribution in [0.4, 0.5) is 15.8 Å². The summed E-state index contributed by atoms with van der Waals surface area (Å²) in [5, 5.41) is 0. The summed E-state index contributed by atoms with van der Waals surface area (Å²) in [4.78, 5) is 13.6. The highest BCUT2D eigenvalue weighted by molar-refractivity contribution is 5.97. The van der Waals surface area contributed by atoms with Gasteiger partial charge in [-0.2, -0.15) is 0 Å². The standard InChI is InChI=1S/C15H13FN2O2/c16-11-5-6-12(17)10(7-11)8-18-13-3-1-2-4-14(13)20-9-15(18)19/h1-7H,8-9,17H2. The SMILES string of the molecule is Nc1ccc(F)cc1CN1C(=O)COc2ccccc21. The van der Waals surface area contributed by atoms with E-state index in [4.69, 9.17) is 10.5 Å². The van der Waals surface area contributed by atoms with Crippen molar-refractivity contribution in [2.45, 2.75) is 6.54 Å². The molecule has 0 fully saturated rings. The second kappa shape index (κ2) is 4.85. The minimum Gasteiger partial charge on any atom is -0.482 e. The molecule has 4 nitrogen and oxygen atoms in total. The zero-order valence-electron chi connectivity index (χ0n) is 10.7. The summed E-state index contributed by atoms with van der Waals surface area (Å²) in [6.07, 6.45) is 0. The van der Waals surface area contributed by atoms with Crippen LogP contribution >= 0.6 is 0 Å². The van der Waals surface area contributed by atoms with Crippen LogP contribution in [0.1, 0.15) is 5.56 Å². The Hall–Kier alpha value is -2.56. The number of nitrogen functional groups attached to an aromatic ring is 1. The van der Waals surface area contributed by atoms with Crippen molar-refractivity contribution in [1.82, 2.24) is 0 Å². The molecule has 1 heterocycles. The van der Waals surface area contributed by atoms with Crippen LogP contribution in [0, 0.1) is 5.82 Å². The fourth-order valence-corrected chi connectivity index (χ4v) is 2.21. The third kappa shape index (κ3) is 2.18. The molecule has 20 heavy (non-hydrogen) atoms. The third-order valence-electron chi connectivity index (χ3n) is 3.24. The monoisotopic (exact) mass is 272 g/mol. The van der Waals surface area contributed by atoms with E-state index in [0.29, 0.717) is 22.7 Å². The maximum atomic E-state index is 13.3. The van der Waals surface area contributed by atoms with E-state index in [1.165, 1.54) is 18.2 Å². The van der Waals surface area contributed by atoms with E-state index in [-0.39, 0.29) is 24.9 Å². The van der Waals surface area contributed by atoms with Crippen LogP contribution in [0.2, 0.25) is 0 Å². The lowest BCUT2D eigenvalue weighted by Gasteiger charge is -2.29. The highest BCUT2D eigenvalue weighted by Gasteiger charge is 2.25. The molecule has 2 aromatic rings. The zero-order valence-corrected chi connectivity index (χ0v) is 10.7. The number of hydrogen-bond donors (Lipinski definition) is 1. The molecule has 0 bridgehead atoms. The molecule has 0 saturated heterocycles. The first kappa shape index (κ1) is 12.5. The van der Waals surface area contributed by atoms with Crippen LogP contribution in [0.15, 0.2) is 42.5 Å². The molecule has 1 aliphatic heterocycles. The fourth-order valence-electron chi connectivity index (χ4n) is 2.21. The lowest BCUT2D eigenvalue weighted by atomic mass is 10.1. The van der Waals surface area contributed by atoms with Crippen LogP contribution in [-0.2, 0) is 11.3 Å². The molecular weight excluding hydrogens is 259 g/mol. The average Bonchev–Trinajstić information content (AvgIpc) is 2.46. The van der Waals surface area contributed by atoms with Gasteiger partial charge in [-0.15, -0.1) is 0 Å². The molecule has 3 rings (SSSR count). The van der Waals surface area contributed by atoms with Crippen molar-refractivity contribution in [2.75, 3.05) is 17.2 Å². The number of rotatable bonds is 2. The maximum Gasteiger partial charge on any atom is 0.265 e. The van der Waals surface area contributed by atoms with Crippen LogP contribution in [-0.4, -0.2) is 12.5 Å². The Kier molecular flexibility index (Phi) is 3.02. The van der Waals surface area contributed by atoms with Gasteiger partial charge in [-0.25, -0.2) is 4.39 Å². The van der Waals surface area contributed by atoms with Crippen molar-refractivity contribution in [3.8, 4) is 5.75 Å². The fraction of sp³-hybridized carbons (Fsp3) is 0.133. The first-order valence-corrected chi connectivity index (χ1v) is 6.21. The summed E-state index contributed by atoms with van der Waals surface area (Å²) in [7, 11) is 0. The summed E-state index contributed by atoms with van der Waals surface area (Å²) >= 11 is 0. The number of amides is 1. The summed E-state index contributed by atoms with van der Waals surface area (Å²) in [5.41, 5.74) is 7.55. The van der Waals surface area contributed by atoms with Gasteiger partial charge in [0.15, 0.2) is 6.61 Å². The van der Waals surface area contributed by atoms with Gasteiger partial charge in [0.05, 0.1) is 12.2 Å². The lowest BCUT2D eigenvalue weighted by molar-refractivity contribution is -0.121. The van der Waals surface area contributed by atoms with Gasteiger partial charge in [-0.1, -0.05) is 12.1 Å². The first-order valence-electron chi connectivity index (χ1n) is 6.21. The molecule has 0 saturated carbocycles. The first-order chi connectivity index (χ1) is 9.65. The van der Waals surface area contributed by atoms with Crippen LogP contribution in [0.25, 0.3) is 0 Å². The van der Waals surface area contributed by atoms with Gasteiger partial charge in [-0.3, -0.25) is 4.79 Å². The normalized spacial score (nSPS) is 13.8. The molecular formula is C15H13FN2O2. The summed E-state index contributed by atoms with van der Waals surface area (Å²) in [5.74, 6) is 0.0950. The number of carbonyl (C=O) groups is 1. The molecule has 0 aliphatic carbocycles. The number of carbonyl (C=O) groups excluding carboxylic acids is 1. The van der Waals surface area contributed by atoms with Crippen LogP contribution < -0.4 is 15.4 Å². The van der Waals surface area contributed by atoms with E-state index >= 15 is 0 Å². The zero-order chi connectivity index (χ0) is 14.1. The molecule has 102 valence electrons. The van der Waals surface area contributed by atoms with Gasteiger partial charge in [-0.05, 0) is 35.9 Å². The molecule has 1 aliphatic rings. The molecule has 2 N–H and O–H groups in total. The van der Waals surface area contributed by atoms with Crippen molar-refractivity contribution in [2.24, 2.45) is 0 Å². The third-order valence-corrected chi connectivity index (χ3v) is 3.24. The van der Waals surface area contributed by atoms with E-state index in [0.717, 1.165) is 0 Å². The molecule has 1 amide bonds. The van der Waals surface area contributed by atoms with E-state index in [1.807, 2.05) is 12.1 Å². The number of hydrogen-bond acceptors (Lipinski definition) is 3. The second-order valence-corrected chi connectivity index (χ2v) is 4.58. The van der Waals surface area contributed by atoms with Gasteiger partial charge in [0.25, 0.3) is 5.91 Å². The Bertz CT molecular complexity index is 673. The Morgan fingerprint density at radius 2 is 2.05 bits per heavy atom. The van der Waals surface area contributed by atoms with E-state index in [1.54, 1.807) is 17.0 Å². The topological polar surface area (TPSA) is 55.6 Å². The number of nitrogens with zero attached hydrogens (tertiary/aromatic N) is 1. The highest BCUT2D eigenvalue weighted by Crippen LogP contribution is 2.33. The predicted octanol–water partition coefficient (Wildman–Crippen LogP) is 2.33. The summed E-state index contributed by atoms with van der Waals surface area (Å²) < 4.78 is 18.7. The molecule has 0 atom stereocenters. The molecule has 0 unspecified atom stereocenters. The predicted molar refractivity (Wildman–Crippen MR) is 73.9 cm³/mol. The molecule has 5 heteroatoms. The van der Waals surface area contributed by atoms with Crippen molar-refractivity contribution in [1.29, 1.82) is 0 Å². The molecule has 0 aromatic heterocycles. The van der Waals surface area contributed by atoms with Gasteiger partial charge in [0.1, 0.15) is 11.6 Å². The Morgan fingerprint density at radius 3 is 2.90 bits per heavy atom. The van der Waals surface area contributed by atoms with Gasteiger partial charge >= 0.3 is 0 Å². The largest absolute Gasteiger partial charge is 0.482 e. The molecule has 0 spiro atoms. The Morgan fingerprint density at radius 1 is 1.25 bits per heavy atom. The smallest absolute Gasteiger partial charge is 0.265 e. The lowest BCUT2D eigenvalue weighted by Crippen LogP contribution is -2.38. The van der Waals surface area contributed by atoms with Crippen molar-refractivity contribution in [3.63, 3.8) is 0 Å². The van der Waals surface area contributed by atoms with Gasteiger partial charge in [0, 0.05) is 5.69 Å². The summed E-state index contributed by atoms with van der Waals surface area (Å²) in [6, 6.07) is 11.4. The summed E-state index contributed by atoms with van der Waals surface area (Å²) in [6.45, 7) is 0.203.